The maximum Gasteiger partial charge on any atom is 0.408 e. The van der Waals surface area contributed by atoms with Crippen LogP contribution < -0.4 is 10.6 Å². The van der Waals surface area contributed by atoms with Gasteiger partial charge >= 0.3 is 6.09 Å². The van der Waals surface area contributed by atoms with Crippen LogP contribution in [-0.4, -0.2) is 36.2 Å². The van der Waals surface area contributed by atoms with E-state index >= 15 is 0 Å². The number of carbonyl (C=O) groups excluding carboxylic acids is 4. The third-order valence-corrected chi connectivity index (χ3v) is 6.10. The number of nitrogens with one attached hydrogen (secondary N) is 2. The van der Waals surface area contributed by atoms with E-state index in [1.54, 1.807) is 0 Å². The highest BCUT2D eigenvalue weighted by molar-refractivity contribution is 6.37. The van der Waals surface area contributed by atoms with Crippen molar-refractivity contribution in [1.29, 1.82) is 0 Å². The summed E-state index contributed by atoms with van der Waals surface area (Å²) in [7, 11) is 0. The molecule has 1 aliphatic rings. The van der Waals surface area contributed by atoms with Crippen molar-refractivity contribution < 1.29 is 23.9 Å². The number of ether oxygens (including phenoxy) is 1. The summed E-state index contributed by atoms with van der Waals surface area (Å²) in [6.07, 6.45) is 0.837. The van der Waals surface area contributed by atoms with Crippen molar-refractivity contribution in [3.63, 3.8) is 0 Å². The van der Waals surface area contributed by atoms with Crippen molar-refractivity contribution in [2.24, 2.45) is 11.8 Å². The number of rotatable bonds is 7. The first-order valence-electron chi connectivity index (χ1n) is 11.7. The molecule has 180 valence electrons. The van der Waals surface area contributed by atoms with E-state index in [1.807, 2.05) is 68.4 Å². The lowest BCUT2D eigenvalue weighted by atomic mass is 9.85. The Balaban J connectivity index is 1.66. The SMILES string of the molecule is CC(C)C(NC(=O)OCc1ccccc1)C(=O)CC1CCc2ccccc2CCNC(=O)C1=O. The monoisotopic (exact) mass is 464 g/mol. The fourth-order valence-corrected chi connectivity index (χ4v) is 4.16. The first-order chi connectivity index (χ1) is 16.3. The van der Waals surface area contributed by atoms with Crippen molar-refractivity contribution in [3.05, 3.63) is 71.3 Å². The van der Waals surface area contributed by atoms with Gasteiger partial charge in [0.25, 0.3) is 5.91 Å². The predicted molar refractivity (Wildman–Crippen MR) is 128 cm³/mol. The Morgan fingerprint density at radius 1 is 1.00 bits per heavy atom. The van der Waals surface area contributed by atoms with Gasteiger partial charge in [-0.25, -0.2) is 4.79 Å². The molecule has 2 N–H and O–H groups in total. The molecule has 1 heterocycles. The lowest BCUT2D eigenvalue weighted by molar-refractivity contribution is -0.141. The molecule has 3 rings (SSSR count). The number of ketones is 2. The zero-order chi connectivity index (χ0) is 24.5. The molecule has 2 aromatic rings. The molecule has 7 nitrogen and oxygen atoms in total. The molecule has 2 unspecified atom stereocenters. The molecule has 2 aromatic carbocycles. The Morgan fingerprint density at radius 2 is 1.65 bits per heavy atom. The number of aryl methyl sites for hydroxylation is 1. The number of fused-ring (bicyclic) bond motifs is 1. The second kappa shape index (κ2) is 12.1. The highest BCUT2D eigenvalue weighted by atomic mass is 16.5. The van der Waals surface area contributed by atoms with E-state index in [0.717, 1.165) is 16.7 Å². The fourth-order valence-electron chi connectivity index (χ4n) is 4.16. The van der Waals surface area contributed by atoms with Gasteiger partial charge in [0.15, 0.2) is 5.78 Å². The van der Waals surface area contributed by atoms with Crippen LogP contribution in [0.2, 0.25) is 0 Å². The lowest BCUT2D eigenvalue weighted by Gasteiger charge is -2.24. The third kappa shape index (κ3) is 7.01. The predicted octanol–water partition coefficient (Wildman–Crippen LogP) is 3.39. The number of carbonyl (C=O) groups is 4. The number of hydrogen-bond donors (Lipinski definition) is 2. The van der Waals surface area contributed by atoms with Crippen LogP contribution >= 0.6 is 0 Å². The van der Waals surface area contributed by atoms with Crippen LogP contribution in [0.4, 0.5) is 4.79 Å². The summed E-state index contributed by atoms with van der Waals surface area (Å²) in [5.74, 6) is -2.48. The average Bonchev–Trinajstić information content (AvgIpc) is 2.83. The zero-order valence-corrected chi connectivity index (χ0v) is 19.7. The van der Waals surface area contributed by atoms with Crippen LogP contribution in [0, 0.1) is 11.8 Å². The standard InChI is InChI=1S/C27H32N2O5/c1-18(2)24(29-27(33)34-17-19-8-4-3-5-9-19)23(30)16-22-13-12-20-10-6-7-11-21(20)14-15-28-26(32)25(22)31/h3-11,18,22,24H,12-17H2,1-2H3,(H,28,32)(H,29,33). The van der Waals surface area contributed by atoms with Gasteiger partial charge in [-0.2, -0.15) is 0 Å². The summed E-state index contributed by atoms with van der Waals surface area (Å²) in [5, 5.41) is 5.32. The summed E-state index contributed by atoms with van der Waals surface area (Å²) >= 11 is 0. The number of Topliss-reactive ketones (excluding diaryl/α,β-unsaturated/α-hetero) is 2. The first kappa shape index (κ1) is 25.1. The number of benzene rings is 2. The van der Waals surface area contributed by atoms with E-state index < -0.39 is 29.7 Å². The van der Waals surface area contributed by atoms with Gasteiger partial charge < -0.3 is 15.4 Å². The highest BCUT2D eigenvalue weighted by Gasteiger charge is 2.32. The van der Waals surface area contributed by atoms with Gasteiger partial charge in [-0.3, -0.25) is 14.4 Å². The maximum absolute atomic E-state index is 13.2. The van der Waals surface area contributed by atoms with E-state index in [-0.39, 0.29) is 24.7 Å². The van der Waals surface area contributed by atoms with Crippen LogP contribution in [0.3, 0.4) is 0 Å². The normalized spacial score (nSPS) is 17.3. The number of alkyl carbamates (subject to hydrolysis) is 1. The lowest BCUT2D eigenvalue weighted by Crippen LogP contribution is -2.46. The van der Waals surface area contributed by atoms with E-state index in [1.165, 1.54) is 0 Å². The van der Waals surface area contributed by atoms with E-state index in [0.29, 0.717) is 25.8 Å². The molecule has 0 bridgehead atoms. The highest BCUT2D eigenvalue weighted by Crippen LogP contribution is 2.21. The number of hydrogen-bond acceptors (Lipinski definition) is 5. The minimum Gasteiger partial charge on any atom is -0.445 e. The molecule has 1 aliphatic heterocycles. The van der Waals surface area contributed by atoms with Crippen LogP contribution in [0.1, 0.15) is 43.4 Å². The Hall–Kier alpha value is -3.48. The minimum absolute atomic E-state index is 0.0897. The molecule has 7 heteroatoms. The van der Waals surface area contributed by atoms with Crippen molar-refractivity contribution >= 4 is 23.6 Å². The molecule has 0 saturated carbocycles. The smallest absolute Gasteiger partial charge is 0.408 e. The summed E-state index contributed by atoms with van der Waals surface area (Å²) in [6.45, 7) is 4.09. The molecule has 0 aromatic heterocycles. The molecular formula is C27H32N2O5. The molecule has 0 aliphatic carbocycles. The van der Waals surface area contributed by atoms with Gasteiger partial charge in [-0.1, -0.05) is 68.4 Å². The second-order valence-corrected chi connectivity index (χ2v) is 8.97. The van der Waals surface area contributed by atoms with E-state index in [2.05, 4.69) is 10.6 Å². The summed E-state index contributed by atoms with van der Waals surface area (Å²) in [5.41, 5.74) is 3.08. The van der Waals surface area contributed by atoms with Crippen molar-refractivity contribution in [2.75, 3.05) is 6.54 Å². The Morgan fingerprint density at radius 3 is 2.32 bits per heavy atom. The van der Waals surface area contributed by atoms with Gasteiger partial charge in [0, 0.05) is 18.9 Å². The summed E-state index contributed by atoms with van der Waals surface area (Å²) in [6, 6.07) is 16.4. The second-order valence-electron chi connectivity index (χ2n) is 8.97. The van der Waals surface area contributed by atoms with Gasteiger partial charge in [0.2, 0.25) is 5.78 Å². The average molecular weight is 465 g/mol. The van der Waals surface area contributed by atoms with E-state index in [4.69, 9.17) is 4.74 Å². The Labute approximate surface area is 200 Å². The third-order valence-electron chi connectivity index (χ3n) is 6.10. The minimum atomic E-state index is -0.818. The van der Waals surface area contributed by atoms with Crippen molar-refractivity contribution in [3.8, 4) is 0 Å². The molecule has 34 heavy (non-hydrogen) atoms. The molecule has 0 spiro atoms. The molecular weight excluding hydrogens is 432 g/mol. The Kier molecular flexibility index (Phi) is 8.96. The van der Waals surface area contributed by atoms with Gasteiger partial charge in [0.05, 0.1) is 6.04 Å². The Bertz CT molecular complexity index is 1020. The first-order valence-corrected chi connectivity index (χ1v) is 11.7. The molecule has 2 atom stereocenters. The van der Waals surface area contributed by atoms with Gasteiger partial charge in [-0.15, -0.1) is 0 Å². The van der Waals surface area contributed by atoms with Gasteiger partial charge in [0.1, 0.15) is 6.61 Å². The van der Waals surface area contributed by atoms with Crippen molar-refractivity contribution in [1.82, 2.24) is 10.6 Å². The summed E-state index contributed by atoms with van der Waals surface area (Å²) < 4.78 is 5.26. The van der Waals surface area contributed by atoms with Crippen LogP contribution in [0.25, 0.3) is 0 Å². The summed E-state index contributed by atoms with van der Waals surface area (Å²) in [4.78, 5) is 50.7. The van der Waals surface area contributed by atoms with Crippen molar-refractivity contribution in [2.45, 2.75) is 52.2 Å². The zero-order valence-electron chi connectivity index (χ0n) is 19.7. The van der Waals surface area contributed by atoms with Gasteiger partial charge in [-0.05, 0) is 41.9 Å². The van der Waals surface area contributed by atoms with Crippen LogP contribution in [0.5, 0.6) is 0 Å². The van der Waals surface area contributed by atoms with E-state index in [9.17, 15) is 19.2 Å². The molecule has 0 fully saturated rings. The maximum atomic E-state index is 13.2. The molecule has 2 amide bonds. The van der Waals surface area contributed by atoms with Crippen LogP contribution in [0.15, 0.2) is 54.6 Å². The van der Waals surface area contributed by atoms with Crippen LogP contribution in [-0.2, 0) is 38.6 Å². The molecule has 0 saturated heterocycles. The molecule has 0 radical (unpaired) electrons. The largest absolute Gasteiger partial charge is 0.445 e. The number of amides is 2. The fraction of sp³-hybridized carbons (Fsp3) is 0.407. The quantitative estimate of drug-likeness (QED) is 0.612. The topological polar surface area (TPSA) is 102 Å².